The van der Waals surface area contributed by atoms with Gasteiger partial charge in [-0.15, -0.1) is 0 Å². The minimum atomic E-state index is -1.49. The Hall–Kier alpha value is -2.70. The highest BCUT2D eigenvalue weighted by Crippen LogP contribution is 2.40. The number of aliphatic hydroxyl groups is 1. The fraction of sp³-hybridized carbons (Fsp3) is 0.333. The number of carbonyl (C=O) groups excluding carboxylic acids is 2. The van der Waals surface area contributed by atoms with Crippen LogP contribution in [0.3, 0.4) is 0 Å². The molecule has 1 unspecified atom stereocenters. The average Bonchev–Trinajstić information content (AvgIpc) is 2.72. The van der Waals surface area contributed by atoms with E-state index in [0.29, 0.717) is 11.3 Å². The highest BCUT2D eigenvalue weighted by Gasteiger charge is 2.49. The molecule has 1 aromatic carbocycles. The number of carbonyl (C=O) groups is 2. The van der Waals surface area contributed by atoms with Crippen LogP contribution in [0.2, 0.25) is 0 Å². The van der Waals surface area contributed by atoms with Crippen molar-refractivity contribution in [2.24, 2.45) is 0 Å². The van der Waals surface area contributed by atoms with Crippen LogP contribution in [0.25, 0.3) is 0 Å². The van der Waals surface area contributed by atoms with E-state index in [1.165, 1.54) is 14.0 Å². The van der Waals surface area contributed by atoms with Gasteiger partial charge in [0.05, 0.1) is 13.7 Å². The lowest BCUT2D eigenvalue weighted by Crippen LogP contribution is -2.32. The molecular formula is C15H17NO6. The lowest BCUT2D eigenvalue weighted by molar-refractivity contribution is -0.131. The lowest BCUT2D eigenvalue weighted by Gasteiger charge is -2.25. The summed E-state index contributed by atoms with van der Waals surface area (Å²) < 4.78 is 15.4. The molecule has 7 heteroatoms. The van der Waals surface area contributed by atoms with Crippen molar-refractivity contribution in [3.63, 3.8) is 0 Å². The van der Waals surface area contributed by atoms with Crippen LogP contribution in [0.5, 0.6) is 5.75 Å². The van der Waals surface area contributed by atoms with Crippen LogP contribution in [0, 0.1) is 0 Å². The predicted molar refractivity (Wildman–Crippen MR) is 76.3 cm³/mol. The number of benzene rings is 1. The Labute approximate surface area is 127 Å². The molecule has 0 saturated heterocycles. The van der Waals surface area contributed by atoms with Gasteiger partial charge in [0, 0.05) is 5.56 Å². The van der Waals surface area contributed by atoms with Gasteiger partial charge in [0.15, 0.2) is 0 Å². The summed E-state index contributed by atoms with van der Waals surface area (Å²) in [7, 11) is 1.46. The van der Waals surface area contributed by atoms with Crippen molar-refractivity contribution in [1.82, 2.24) is 5.32 Å². The van der Waals surface area contributed by atoms with Crippen LogP contribution in [0.4, 0.5) is 4.79 Å². The highest BCUT2D eigenvalue weighted by molar-refractivity contribution is 6.03. The number of amides is 1. The molecule has 1 amide bonds. The number of hydrogen-bond acceptors (Lipinski definition) is 6. The van der Waals surface area contributed by atoms with E-state index in [1.807, 2.05) is 0 Å². The molecule has 2 N–H and O–H groups in total. The molecule has 1 aliphatic rings. The van der Waals surface area contributed by atoms with E-state index in [4.69, 9.17) is 14.2 Å². The number of hydrogen-bond donors (Lipinski definition) is 2. The van der Waals surface area contributed by atoms with Crippen molar-refractivity contribution in [1.29, 1.82) is 0 Å². The Morgan fingerprint density at radius 1 is 1.41 bits per heavy atom. The normalized spacial score (nSPS) is 20.6. The van der Waals surface area contributed by atoms with Gasteiger partial charge in [-0.05, 0) is 19.9 Å². The first-order valence-electron chi connectivity index (χ1n) is 6.68. The van der Waals surface area contributed by atoms with Crippen molar-refractivity contribution in [3.05, 3.63) is 41.5 Å². The fourth-order valence-electron chi connectivity index (χ4n) is 2.19. The number of rotatable bonds is 4. The maximum atomic E-state index is 12.4. The molecule has 0 aromatic heterocycles. The second kappa shape index (κ2) is 5.97. The molecule has 0 aliphatic carbocycles. The summed E-state index contributed by atoms with van der Waals surface area (Å²) in [6.45, 7) is 3.27. The SMILES string of the molecule is CCOC(=O)NC1=C(O)C(=O)C(C)(c2ccccc2OC)O1. The average molecular weight is 307 g/mol. The molecule has 1 heterocycles. The zero-order valence-corrected chi connectivity index (χ0v) is 12.5. The Morgan fingerprint density at radius 3 is 2.73 bits per heavy atom. The van der Waals surface area contributed by atoms with E-state index in [-0.39, 0.29) is 12.5 Å². The van der Waals surface area contributed by atoms with Crippen molar-refractivity contribution in [2.75, 3.05) is 13.7 Å². The summed E-state index contributed by atoms with van der Waals surface area (Å²) in [6.07, 6.45) is -0.818. The second-order valence-corrected chi connectivity index (χ2v) is 4.69. The number of methoxy groups -OCH3 is 1. The van der Waals surface area contributed by atoms with Crippen molar-refractivity contribution >= 4 is 11.9 Å². The summed E-state index contributed by atoms with van der Waals surface area (Å²) >= 11 is 0. The number of nitrogens with one attached hydrogen (secondary N) is 1. The first-order valence-corrected chi connectivity index (χ1v) is 6.68. The summed E-state index contributed by atoms with van der Waals surface area (Å²) in [5, 5.41) is 12.1. The van der Waals surface area contributed by atoms with Gasteiger partial charge in [-0.3, -0.25) is 10.1 Å². The van der Waals surface area contributed by atoms with E-state index < -0.39 is 23.2 Å². The van der Waals surface area contributed by atoms with Crippen LogP contribution in [-0.4, -0.2) is 30.7 Å². The molecule has 2 rings (SSSR count). The number of para-hydroxylation sites is 1. The predicted octanol–water partition coefficient (Wildman–Crippen LogP) is 1.98. The van der Waals surface area contributed by atoms with Gasteiger partial charge in [-0.2, -0.15) is 0 Å². The Kier molecular flexibility index (Phi) is 4.25. The van der Waals surface area contributed by atoms with Gasteiger partial charge in [0.2, 0.25) is 17.2 Å². The zero-order valence-electron chi connectivity index (χ0n) is 12.5. The number of ether oxygens (including phenoxy) is 3. The Morgan fingerprint density at radius 2 is 2.09 bits per heavy atom. The van der Waals surface area contributed by atoms with Gasteiger partial charge in [-0.25, -0.2) is 4.79 Å². The molecule has 1 aliphatic heterocycles. The van der Waals surface area contributed by atoms with Crippen molar-refractivity contribution in [2.45, 2.75) is 19.4 Å². The van der Waals surface area contributed by atoms with Gasteiger partial charge < -0.3 is 19.3 Å². The van der Waals surface area contributed by atoms with Gasteiger partial charge >= 0.3 is 6.09 Å². The molecule has 0 radical (unpaired) electrons. The third kappa shape index (κ3) is 2.57. The Bertz CT molecular complexity index is 639. The summed E-state index contributed by atoms with van der Waals surface area (Å²) in [5.41, 5.74) is -1.05. The standard InChI is InChI=1S/C15H17NO6/c1-4-21-14(19)16-13-11(17)12(18)15(2,22-13)9-7-5-6-8-10(9)20-3/h5-8,17H,4H2,1-3H3,(H,16,19). The molecule has 0 fully saturated rings. The molecule has 0 bridgehead atoms. The quantitative estimate of drug-likeness (QED) is 0.883. The van der Waals surface area contributed by atoms with E-state index in [2.05, 4.69) is 5.32 Å². The third-order valence-corrected chi connectivity index (χ3v) is 3.28. The van der Waals surface area contributed by atoms with E-state index in [1.54, 1.807) is 31.2 Å². The molecule has 22 heavy (non-hydrogen) atoms. The maximum Gasteiger partial charge on any atom is 0.414 e. The van der Waals surface area contributed by atoms with Crippen molar-refractivity contribution < 1.29 is 28.9 Å². The number of Topliss-reactive ketones (excluding diaryl/α,β-unsaturated/α-hetero) is 1. The number of ketones is 1. The van der Waals surface area contributed by atoms with E-state index in [9.17, 15) is 14.7 Å². The topological polar surface area (TPSA) is 94.1 Å². The number of aliphatic hydroxyl groups excluding tert-OH is 1. The molecule has 0 saturated carbocycles. The van der Waals surface area contributed by atoms with Gasteiger partial charge in [-0.1, -0.05) is 18.2 Å². The molecule has 0 spiro atoms. The van der Waals surface area contributed by atoms with Crippen LogP contribution >= 0.6 is 0 Å². The van der Waals surface area contributed by atoms with Crippen LogP contribution in [-0.2, 0) is 19.9 Å². The Balaban J connectivity index is 2.32. The monoisotopic (exact) mass is 307 g/mol. The fourth-order valence-corrected chi connectivity index (χ4v) is 2.19. The highest BCUT2D eigenvalue weighted by atomic mass is 16.6. The van der Waals surface area contributed by atoms with Gasteiger partial charge in [0.25, 0.3) is 5.78 Å². The van der Waals surface area contributed by atoms with Crippen LogP contribution < -0.4 is 10.1 Å². The van der Waals surface area contributed by atoms with E-state index >= 15 is 0 Å². The smallest absolute Gasteiger partial charge is 0.414 e. The van der Waals surface area contributed by atoms with Gasteiger partial charge in [0.1, 0.15) is 5.75 Å². The van der Waals surface area contributed by atoms with Crippen LogP contribution in [0.15, 0.2) is 35.9 Å². The summed E-state index contributed by atoms with van der Waals surface area (Å²) in [4.78, 5) is 23.8. The summed E-state index contributed by atoms with van der Waals surface area (Å²) in [6, 6.07) is 6.78. The maximum absolute atomic E-state index is 12.4. The molecule has 7 nitrogen and oxygen atoms in total. The lowest BCUT2D eigenvalue weighted by atomic mass is 9.91. The number of alkyl carbamates (subject to hydrolysis) is 1. The minimum Gasteiger partial charge on any atom is -0.501 e. The first-order chi connectivity index (χ1) is 10.4. The zero-order chi connectivity index (χ0) is 16.3. The second-order valence-electron chi connectivity index (χ2n) is 4.69. The van der Waals surface area contributed by atoms with E-state index in [0.717, 1.165) is 0 Å². The third-order valence-electron chi connectivity index (χ3n) is 3.28. The molecule has 118 valence electrons. The molecular weight excluding hydrogens is 290 g/mol. The molecule has 1 atom stereocenters. The molecule has 1 aromatic rings. The first kappa shape index (κ1) is 15.7. The van der Waals surface area contributed by atoms with Crippen LogP contribution in [0.1, 0.15) is 19.4 Å². The van der Waals surface area contributed by atoms with Crippen molar-refractivity contribution in [3.8, 4) is 5.75 Å². The largest absolute Gasteiger partial charge is 0.501 e. The minimum absolute atomic E-state index is 0.150. The summed E-state index contributed by atoms with van der Waals surface area (Å²) in [5.74, 6) is -1.24.